The van der Waals surface area contributed by atoms with E-state index in [1.165, 1.54) is 59.5 Å². The van der Waals surface area contributed by atoms with Gasteiger partial charge in [0, 0.05) is 16.3 Å². The number of benzene rings is 4. The lowest BCUT2D eigenvalue weighted by molar-refractivity contribution is 0.0979. The van der Waals surface area contributed by atoms with Crippen LogP contribution in [0.15, 0.2) is 101 Å². The standard InChI is InChI=1S/C27H18ClFN2O4S/c28-19-5-3-4-17(14-19)16-31-23-15-18(26(32)30-21-11-9-20(29)10-12-21)8-13-25(23)36(34,35)24-7-2-1-6-22(24)27(31)33/h1-15H,16H2,(H,30,32). The number of fused-ring (bicyclic) bond motifs is 2. The van der Waals surface area contributed by atoms with Crippen molar-refractivity contribution in [3.05, 3.63) is 119 Å². The quantitative estimate of drug-likeness (QED) is 0.373. The largest absolute Gasteiger partial charge is 0.322 e. The summed E-state index contributed by atoms with van der Waals surface area (Å²) in [7, 11) is -4.07. The Labute approximate surface area is 211 Å². The Morgan fingerprint density at radius 3 is 2.39 bits per heavy atom. The molecule has 1 N–H and O–H groups in total. The van der Waals surface area contributed by atoms with Gasteiger partial charge in [0.05, 0.1) is 27.6 Å². The molecule has 6 nitrogen and oxygen atoms in total. The van der Waals surface area contributed by atoms with E-state index in [2.05, 4.69) is 5.32 Å². The van der Waals surface area contributed by atoms with E-state index in [0.717, 1.165) is 0 Å². The number of nitrogens with zero attached hydrogens (tertiary/aromatic N) is 1. The summed E-state index contributed by atoms with van der Waals surface area (Å²) >= 11 is 6.14. The van der Waals surface area contributed by atoms with Gasteiger partial charge >= 0.3 is 0 Å². The fraction of sp³-hybridized carbons (Fsp3) is 0.0370. The van der Waals surface area contributed by atoms with Gasteiger partial charge in [0.1, 0.15) is 5.82 Å². The number of sulfone groups is 1. The van der Waals surface area contributed by atoms with Gasteiger partial charge in [0.15, 0.2) is 0 Å². The first-order valence-corrected chi connectivity index (χ1v) is 12.7. The first kappa shape index (κ1) is 23.7. The van der Waals surface area contributed by atoms with Crippen LogP contribution in [0.1, 0.15) is 26.3 Å². The van der Waals surface area contributed by atoms with Crippen LogP contribution >= 0.6 is 11.6 Å². The summed E-state index contributed by atoms with van der Waals surface area (Å²) in [5.74, 6) is -1.51. The molecule has 0 atom stereocenters. The summed E-state index contributed by atoms with van der Waals surface area (Å²) in [6.07, 6.45) is 0. The molecule has 0 saturated carbocycles. The Bertz CT molecular complexity index is 1620. The van der Waals surface area contributed by atoms with Crippen molar-refractivity contribution in [3.8, 4) is 0 Å². The van der Waals surface area contributed by atoms with Gasteiger partial charge in [0.2, 0.25) is 9.84 Å². The summed E-state index contributed by atoms with van der Waals surface area (Å²) in [6, 6.07) is 22.2. The molecule has 0 saturated heterocycles. The molecule has 4 aromatic rings. The van der Waals surface area contributed by atoms with Crippen molar-refractivity contribution in [2.75, 3.05) is 10.2 Å². The Kier molecular flexibility index (Phi) is 6.07. The number of anilines is 2. The zero-order chi connectivity index (χ0) is 25.4. The molecule has 0 fully saturated rings. The number of hydrogen-bond donors (Lipinski definition) is 1. The van der Waals surface area contributed by atoms with Crippen molar-refractivity contribution in [2.24, 2.45) is 0 Å². The highest BCUT2D eigenvalue weighted by Gasteiger charge is 2.36. The lowest BCUT2D eigenvalue weighted by atomic mass is 10.1. The van der Waals surface area contributed by atoms with E-state index in [1.807, 2.05) is 0 Å². The molecule has 0 aromatic heterocycles. The van der Waals surface area contributed by atoms with Crippen LogP contribution in [0.2, 0.25) is 5.02 Å². The van der Waals surface area contributed by atoms with Gasteiger partial charge in [-0.05, 0) is 72.3 Å². The zero-order valence-electron chi connectivity index (χ0n) is 18.6. The lowest BCUT2D eigenvalue weighted by Crippen LogP contribution is -2.30. The molecule has 1 heterocycles. The van der Waals surface area contributed by atoms with Gasteiger partial charge < -0.3 is 10.2 Å². The monoisotopic (exact) mass is 520 g/mol. The van der Waals surface area contributed by atoms with E-state index in [-0.39, 0.29) is 33.2 Å². The third kappa shape index (κ3) is 4.36. The Morgan fingerprint density at radius 1 is 0.889 bits per heavy atom. The molecule has 180 valence electrons. The number of hydrogen-bond acceptors (Lipinski definition) is 4. The van der Waals surface area contributed by atoms with Crippen LogP contribution in [0.3, 0.4) is 0 Å². The van der Waals surface area contributed by atoms with Crippen molar-refractivity contribution in [3.63, 3.8) is 0 Å². The first-order chi connectivity index (χ1) is 17.2. The number of carbonyl (C=O) groups excluding carboxylic acids is 2. The van der Waals surface area contributed by atoms with Crippen LogP contribution in [-0.4, -0.2) is 20.2 Å². The summed E-state index contributed by atoms with van der Waals surface area (Å²) in [5.41, 5.74) is 1.28. The molecule has 1 aliphatic rings. The minimum Gasteiger partial charge on any atom is -0.322 e. The lowest BCUT2D eigenvalue weighted by Gasteiger charge is -2.23. The van der Waals surface area contributed by atoms with Crippen LogP contribution in [0.25, 0.3) is 0 Å². The fourth-order valence-corrected chi connectivity index (χ4v) is 5.90. The average Bonchev–Trinajstić information content (AvgIpc) is 2.93. The van der Waals surface area contributed by atoms with Gasteiger partial charge in [-0.25, -0.2) is 12.8 Å². The van der Waals surface area contributed by atoms with Gasteiger partial charge in [-0.15, -0.1) is 0 Å². The van der Waals surface area contributed by atoms with Crippen LogP contribution < -0.4 is 10.2 Å². The maximum atomic E-state index is 13.7. The van der Waals surface area contributed by atoms with Gasteiger partial charge in [0.25, 0.3) is 11.8 Å². The molecule has 2 amide bonds. The normalized spacial score (nSPS) is 13.9. The Morgan fingerprint density at radius 2 is 1.64 bits per heavy atom. The van der Waals surface area contributed by atoms with Crippen molar-refractivity contribution < 1.29 is 22.4 Å². The molecule has 4 aromatic carbocycles. The molecule has 0 bridgehead atoms. The van der Waals surface area contributed by atoms with Gasteiger partial charge in [-0.1, -0.05) is 35.9 Å². The van der Waals surface area contributed by atoms with Crippen LogP contribution in [0, 0.1) is 5.82 Å². The molecule has 0 spiro atoms. The van der Waals surface area contributed by atoms with Gasteiger partial charge in [-0.2, -0.15) is 0 Å². The minimum atomic E-state index is -4.07. The summed E-state index contributed by atoms with van der Waals surface area (Å²) in [5, 5.41) is 3.12. The van der Waals surface area contributed by atoms with E-state index < -0.39 is 27.5 Å². The van der Waals surface area contributed by atoms with E-state index in [4.69, 9.17) is 11.6 Å². The predicted molar refractivity (Wildman–Crippen MR) is 135 cm³/mol. The van der Waals surface area contributed by atoms with Crippen molar-refractivity contribution in [2.45, 2.75) is 16.3 Å². The number of carbonyl (C=O) groups is 2. The highest BCUT2D eigenvalue weighted by molar-refractivity contribution is 7.91. The maximum Gasteiger partial charge on any atom is 0.259 e. The van der Waals surface area contributed by atoms with E-state index >= 15 is 0 Å². The highest BCUT2D eigenvalue weighted by Crippen LogP contribution is 2.38. The third-order valence-electron chi connectivity index (χ3n) is 5.79. The molecule has 0 unspecified atom stereocenters. The molecular weight excluding hydrogens is 503 g/mol. The molecule has 0 radical (unpaired) electrons. The van der Waals surface area contributed by atoms with E-state index in [9.17, 15) is 22.4 Å². The zero-order valence-corrected chi connectivity index (χ0v) is 20.2. The predicted octanol–water partition coefficient (Wildman–Crippen LogP) is 5.72. The summed E-state index contributed by atoms with van der Waals surface area (Å²) in [4.78, 5) is 27.8. The van der Waals surface area contributed by atoms with Crippen LogP contribution in [0.5, 0.6) is 0 Å². The summed E-state index contributed by atoms with van der Waals surface area (Å²) in [6.45, 7) is 0.0271. The fourth-order valence-electron chi connectivity index (χ4n) is 4.06. The van der Waals surface area contributed by atoms with Crippen molar-refractivity contribution in [1.29, 1.82) is 0 Å². The minimum absolute atomic E-state index is 0.0271. The number of amides is 2. The van der Waals surface area contributed by atoms with E-state index in [1.54, 1.807) is 36.4 Å². The number of nitrogens with one attached hydrogen (secondary N) is 1. The molecular formula is C27H18ClFN2O4S. The maximum absolute atomic E-state index is 13.7. The second-order valence-corrected chi connectivity index (χ2v) is 10.5. The highest BCUT2D eigenvalue weighted by atomic mass is 35.5. The number of rotatable bonds is 4. The van der Waals surface area contributed by atoms with Crippen LogP contribution in [-0.2, 0) is 16.4 Å². The van der Waals surface area contributed by atoms with Crippen molar-refractivity contribution >= 4 is 44.6 Å². The van der Waals surface area contributed by atoms with Crippen molar-refractivity contribution in [1.82, 2.24) is 0 Å². The average molecular weight is 521 g/mol. The smallest absolute Gasteiger partial charge is 0.259 e. The van der Waals surface area contributed by atoms with E-state index in [0.29, 0.717) is 16.3 Å². The Hall–Kier alpha value is -4.01. The molecule has 5 rings (SSSR count). The first-order valence-electron chi connectivity index (χ1n) is 10.9. The third-order valence-corrected chi connectivity index (χ3v) is 7.88. The number of halogens is 2. The second kappa shape index (κ2) is 9.22. The molecule has 0 aliphatic carbocycles. The second-order valence-electron chi connectivity index (χ2n) is 8.16. The van der Waals surface area contributed by atoms with Crippen LogP contribution in [0.4, 0.5) is 15.8 Å². The molecule has 36 heavy (non-hydrogen) atoms. The SMILES string of the molecule is O=C(Nc1ccc(F)cc1)c1ccc2c(c1)N(Cc1cccc(Cl)c1)C(=O)c1ccccc1S2(=O)=O. The molecule has 1 aliphatic heterocycles. The molecule has 9 heteroatoms. The topological polar surface area (TPSA) is 83.6 Å². The van der Waals surface area contributed by atoms with Gasteiger partial charge in [-0.3, -0.25) is 9.59 Å². The Balaban J connectivity index is 1.64. The summed E-state index contributed by atoms with van der Waals surface area (Å²) < 4.78 is 40.4.